The molecule has 1 aromatic rings. The molecule has 0 radical (unpaired) electrons. The van der Waals surface area contributed by atoms with Crippen LogP contribution in [0.15, 0.2) is 29.3 Å². The van der Waals surface area contributed by atoms with Crippen molar-refractivity contribution in [2.24, 2.45) is 4.99 Å². The van der Waals surface area contributed by atoms with Crippen LogP contribution >= 0.6 is 7.37 Å². The fourth-order valence-electron chi connectivity index (χ4n) is 1.59. The fraction of sp³-hybridized carbons (Fsp3) is 0.462. The third kappa shape index (κ3) is 4.14. The number of rotatable bonds is 5. The van der Waals surface area contributed by atoms with Gasteiger partial charge in [0.05, 0.1) is 12.3 Å². The molecule has 0 amide bonds. The molecule has 1 atom stereocenters. The van der Waals surface area contributed by atoms with Crippen molar-refractivity contribution in [3.8, 4) is 0 Å². The van der Waals surface area contributed by atoms with E-state index in [1.807, 2.05) is 0 Å². The van der Waals surface area contributed by atoms with E-state index < -0.39 is 24.9 Å². The molecule has 0 heterocycles. The predicted octanol–water partition coefficient (Wildman–Crippen LogP) is 5.17. The minimum Gasteiger partial charge on any atom is -0.325 e. The Hall–Kier alpha value is -1.27. The lowest BCUT2D eigenvalue weighted by Gasteiger charge is -2.25. The molecule has 0 aliphatic carbocycles. The van der Waals surface area contributed by atoms with E-state index in [9.17, 15) is 26.5 Å². The number of aliphatic imine (C=N–C) groups is 1. The Morgan fingerprint density at radius 3 is 2.09 bits per heavy atom. The average molecular weight is 343 g/mol. The van der Waals surface area contributed by atoms with Crippen molar-refractivity contribution in [3.63, 3.8) is 0 Å². The Labute approximate surface area is 124 Å². The number of aryl methyl sites for hydroxylation is 1. The number of nitrogens with zero attached hydrogens (tertiary/aromatic N) is 1. The summed E-state index contributed by atoms with van der Waals surface area (Å²) in [5, 5.41) is 0. The van der Waals surface area contributed by atoms with E-state index >= 15 is 0 Å². The maximum Gasteiger partial charge on any atom is 0.460 e. The molecule has 1 unspecified atom stereocenters. The van der Waals surface area contributed by atoms with Crippen LogP contribution in [0.3, 0.4) is 0 Å². The van der Waals surface area contributed by atoms with Gasteiger partial charge < -0.3 is 4.52 Å². The van der Waals surface area contributed by atoms with Crippen LogP contribution in [0.2, 0.25) is 0 Å². The summed E-state index contributed by atoms with van der Waals surface area (Å²) in [6.07, 6.45) is -5.92. The van der Waals surface area contributed by atoms with Gasteiger partial charge in [0.1, 0.15) is 0 Å². The van der Waals surface area contributed by atoms with Crippen molar-refractivity contribution in [1.29, 1.82) is 0 Å². The lowest BCUT2D eigenvalue weighted by atomic mass is 10.2. The van der Waals surface area contributed by atoms with Gasteiger partial charge in [0.2, 0.25) is 7.37 Å². The summed E-state index contributed by atoms with van der Waals surface area (Å²) in [5.41, 5.74) is -1.20. The Bertz CT molecular complexity index is 595. The van der Waals surface area contributed by atoms with Crippen LogP contribution in [0.1, 0.15) is 12.5 Å². The first kappa shape index (κ1) is 18.8. The molecule has 0 saturated heterocycles. The quantitative estimate of drug-likeness (QED) is 0.420. The molecule has 0 bridgehead atoms. The molecule has 0 aliphatic rings. The highest BCUT2D eigenvalue weighted by molar-refractivity contribution is 7.76. The molecule has 0 aliphatic heterocycles. The van der Waals surface area contributed by atoms with E-state index in [0.717, 1.165) is 5.56 Å². The van der Waals surface area contributed by atoms with Crippen molar-refractivity contribution in [2.75, 3.05) is 13.3 Å². The summed E-state index contributed by atoms with van der Waals surface area (Å²) in [5.74, 6) is -5.35. The Balaban J connectivity index is 3.47. The molecule has 0 N–H and O–H groups in total. The monoisotopic (exact) mass is 343 g/mol. The molecule has 0 aromatic heterocycles. The first-order chi connectivity index (χ1) is 9.91. The van der Waals surface area contributed by atoms with Crippen LogP contribution in [0.4, 0.5) is 27.6 Å². The van der Waals surface area contributed by atoms with Crippen molar-refractivity contribution in [3.05, 3.63) is 29.8 Å². The zero-order valence-corrected chi connectivity index (χ0v) is 13.0. The van der Waals surface area contributed by atoms with Gasteiger partial charge in [-0.1, -0.05) is 17.7 Å². The second-order valence-corrected chi connectivity index (χ2v) is 6.98. The minimum atomic E-state index is -5.92. The van der Waals surface area contributed by atoms with Gasteiger partial charge in [0.15, 0.2) is 5.45 Å². The summed E-state index contributed by atoms with van der Waals surface area (Å²) >= 11 is 0. The van der Waals surface area contributed by atoms with Crippen molar-refractivity contribution in [2.45, 2.75) is 25.9 Å². The summed E-state index contributed by atoms with van der Waals surface area (Å²) < 4.78 is 81.9. The molecule has 0 fully saturated rings. The second kappa shape index (κ2) is 6.46. The summed E-state index contributed by atoms with van der Waals surface area (Å²) in [4.78, 5) is 3.29. The van der Waals surface area contributed by atoms with Gasteiger partial charge in [0.25, 0.3) is 0 Å². The zero-order chi connectivity index (χ0) is 17.2. The highest BCUT2D eigenvalue weighted by Gasteiger charge is 2.65. The lowest BCUT2D eigenvalue weighted by molar-refractivity contribution is -0.248. The first-order valence-corrected chi connectivity index (χ1v) is 8.32. The highest BCUT2D eigenvalue weighted by atomic mass is 31.2. The smallest absolute Gasteiger partial charge is 0.325 e. The number of hydrogen-bond donors (Lipinski definition) is 0. The molecule has 1 rings (SSSR count). The van der Waals surface area contributed by atoms with E-state index in [1.54, 1.807) is 6.92 Å². The molecular formula is C13H15F5NO2P. The average Bonchev–Trinajstić information content (AvgIpc) is 2.36. The Morgan fingerprint density at radius 2 is 1.68 bits per heavy atom. The molecule has 124 valence electrons. The Kier molecular flexibility index (Phi) is 5.51. The van der Waals surface area contributed by atoms with Gasteiger partial charge in [-0.2, -0.15) is 22.0 Å². The first-order valence-electron chi connectivity index (χ1n) is 6.25. The molecule has 9 heteroatoms. The number of alkyl halides is 5. The van der Waals surface area contributed by atoms with Gasteiger partial charge in [-0.3, -0.25) is 4.57 Å². The van der Waals surface area contributed by atoms with Crippen molar-refractivity contribution >= 4 is 18.5 Å². The third-order valence-electron chi connectivity index (χ3n) is 2.67. The van der Waals surface area contributed by atoms with Crippen LogP contribution in [-0.2, 0) is 9.09 Å². The normalized spacial score (nSPS) is 16.5. The van der Waals surface area contributed by atoms with E-state index in [0.29, 0.717) is 6.66 Å². The van der Waals surface area contributed by atoms with Gasteiger partial charge in [-0.05, 0) is 26.0 Å². The number of halogens is 5. The molecule has 0 saturated carbocycles. The molecule has 1 aromatic carbocycles. The van der Waals surface area contributed by atoms with Crippen LogP contribution in [0.5, 0.6) is 0 Å². The maximum absolute atomic E-state index is 13.7. The van der Waals surface area contributed by atoms with E-state index in [-0.39, 0.29) is 12.3 Å². The summed E-state index contributed by atoms with van der Waals surface area (Å²) in [7, 11) is -4.42. The van der Waals surface area contributed by atoms with Crippen molar-refractivity contribution < 1.29 is 31.0 Å². The van der Waals surface area contributed by atoms with Crippen LogP contribution in [0.25, 0.3) is 0 Å². The van der Waals surface area contributed by atoms with E-state index in [1.165, 1.54) is 31.2 Å². The van der Waals surface area contributed by atoms with Crippen molar-refractivity contribution in [1.82, 2.24) is 0 Å². The van der Waals surface area contributed by atoms with Crippen LogP contribution in [0, 0.1) is 6.92 Å². The van der Waals surface area contributed by atoms with Crippen LogP contribution < -0.4 is 0 Å². The number of hydrogen-bond acceptors (Lipinski definition) is 3. The Morgan fingerprint density at radius 1 is 1.18 bits per heavy atom. The van der Waals surface area contributed by atoms with Gasteiger partial charge in [-0.25, -0.2) is 4.99 Å². The van der Waals surface area contributed by atoms with E-state index in [4.69, 9.17) is 0 Å². The standard InChI is InChI=1S/C13H15F5NO2P/c1-4-21-22(3,20)11(12(14,15)13(16,17)18)19-10-7-5-9(2)6-8-10/h5-8H,4H2,1-3H3. The zero-order valence-electron chi connectivity index (χ0n) is 12.1. The summed E-state index contributed by atoms with van der Waals surface area (Å²) in [6, 6.07) is 5.49. The van der Waals surface area contributed by atoms with Gasteiger partial charge in [0, 0.05) is 6.66 Å². The third-order valence-corrected chi connectivity index (χ3v) is 4.57. The molecule has 22 heavy (non-hydrogen) atoms. The van der Waals surface area contributed by atoms with E-state index in [2.05, 4.69) is 9.52 Å². The highest BCUT2D eigenvalue weighted by Crippen LogP contribution is 2.54. The molecule has 0 spiro atoms. The predicted molar refractivity (Wildman–Crippen MR) is 74.4 cm³/mol. The van der Waals surface area contributed by atoms with Gasteiger partial charge >= 0.3 is 12.1 Å². The van der Waals surface area contributed by atoms with Crippen LogP contribution in [-0.4, -0.2) is 30.8 Å². The second-order valence-electron chi connectivity index (χ2n) is 4.61. The fourth-order valence-corrected chi connectivity index (χ4v) is 3.14. The van der Waals surface area contributed by atoms with Gasteiger partial charge in [-0.15, -0.1) is 0 Å². The topological polar surface area (TPSA) is 38.7 Å². The minimum absolute atomic E-state index is 0.161. The SMILES string of the molecule is CCOP(C)(=O)C(=Nc1ccc(C)cc1)C(F)(F)C(F)(F)F. The largest absolute Gasteiger partial charge is 0.460 e. The molecule has 3 nitrogen and oxygen atoms in total. The summed E-state index contributed by atoms with van der Waals surface area (Å²) in [6.45, 7) is 3.47. The maximum atomic E-state index is 13.7. The lowest BCUT2D eigenvalue weighted by Crippen LogP contribution is -2.44. The number of benzene rings is 1. The molecular weight excluding hydrogens is 328 g/mol.